The van der Waals surface area contributed by atoms with Gasteiger partial charge in [-0.3, -0.25) is 0 Å². The molecule has 0 aliphatic heterocycles. The van der Waals surface area contributed by atoms with Crippen LogP contribution in [0.25, 0.3) is 5.76 Å². The van der Waals surface area contributed by atoms with Crippen molar-refractivity contribution < 1.29 is 12.6 Å². The van der Waals surface area contributed by atoms with Crippen molar-refractivity contribution in [1.29, 1.82) is 0 Å². The van der Waals surface area contributed by atoms with Gasteiger partial charge in [0.1, 0.15) is 10.7 Å². The topological polar surface area (TPSA) is 43.4 Å². The first-order valence-electron chi connectivity index (χ1n) is 6.57. The van der Waals surface area contributed by atoms with Crippen molar-refractivity contribution in [3.63, 3.8) is 0 Å². The molecule has 0 atom stereocenters. The highest BCUT2D eigenvalue weighted by Gasteiger charge is 2.17. The van der Waals surface area contributed by atoms with E-state index >= 15 is 0 Å². The average Bonchev–Trinajstić information content (AvgIpc) is 2.41. The zero-order valence-electron chi connectivity index (χ0n) is 12.4. The van der Waals surface area contributed by atoms with Crippen LogP contribution in [0.4, 0.5) is 0 Å². The van der Waals surface area contributed by atoms with Crippen LogP contribution in [0.1, 0.15) is 22.3 Å². The zero-order chi connectivity index (χ0) is 15.6. The highest BCUT2D eigenvalue weighted by atomic mass is 32.2. The molecule has 0 fully saturated rings. The zero-order valence-corrected chi connectivity index (χ0v) is 13.2. The molecule has 0 spiro atoms. The van der Waals surface area contributed by atoms with E-state index in [0.717, 1.165) is 16.7 Å². The fourth-order valence-corrected chi connectivity index (χ4v) is 2.78. The third kappa shape index (κ3) is 3.52. The number of benzene rings is 2. The van der Waals surface area contributed by atoms with Crippen LogP contribution in [0.2, 0.25) is 0 Å². The van der Waals surface area contributed by atoms with E-state index in [0.29, 0.717) is 5.56 Å². The molecule has 0 aliphatic rings. The van der Waals surface area contributed by atoms with Crippen LogP contribution in [0.15, 0.2) is 53.9 Å². The van der Waals surface area contributed by atoms with Crippen LogP contribution < -0.4 is 0 Å². The molecule has 2 rings (SSSR count). The van der Waals surface area contributed by atoms with Gasteiger partial charge in [0, 0.05) is 5.56 Å². The van der Waals surface area contributed by atoms with Gasteiger partial charge in [0.25, 0.3) is 0 Å². The van der Waals surface area contributed by atoms with Crippen molar-refractivity contribution in [3.8, 4) is 0 Å². The molecule has 0 saturated heterocycles. The molecule has 0 saturated carbocycles. The number of aryl methyl sites for hydroxylation is 3. The van der Waals surface area contributed by atoms with Crippen LogP contribution >= 0.6 is 0 Å². The van der Waals surface area contributed by atoms with Gasteiger partial charge in [-0.15, -0.1) is 0 Å². The Balaban J connectivity index is 2.25. The minimum Gasteiger partial charge on any atom is -0.379 e. The molecule has 0 amide bonds. The lowest BCUT2D eigenvalue weighted by atomic mass is 10.1. The summed E-state index contributed by atoms with van der Waals surface area (Å²) in [7, 11) is -3.85. The summed E-state index contributed by atoms with van der Waals surface area (Å²) in [6.07, 6.45) is 0. The monoisotopic (exact) mass is 302 g/mol. The van der Waals surface area contributed by atoms with Gasteiger partial charge >= 0.3 is 10.1 Å². The molecule has 3 nitrogen and oxygen atoms in total. The lowest BCUT2D eigenvalue weighted by Gasteiger charge is -2.11. The Bertz CT molecular complexity index is 772. The van der Waals surface area contributed by atoms with Gasteiger partial charge in [-0.25, -0.2) is 0 Å². The summed E-state index contributed by atoms with van der Waals surface area (Å²) >= 11 is 0. The smallest absolute Gasteiger partial charge is 0.339 e. The summed E-state index contributed by atoms with van der Waals surface area (Å²) in [5, 5.41) is 0. The second-order valence-corrected chi connectivity index (χ2v) is 6.62. The largest absolute Gasteiger partial charge is 0.379 e. The Morgan fingerprint density at radius 1 is 0.952 bits per heavy atom. The lowest BCUT2D eigenvalue weighted by Crippen LogP contribution is -2.05. The predicted molar refractivity (Wildman–Crippen MR) is 84.4 cm³/mol. The Hall–Kier alpha value is -2.07. The van der Waals surface area contributed by atoms with E-state index in [1.807, 2.05) is 32.9 Å². The fourth-order valence-electron chi connectivity index (χ4n) is 1.85. The molecule has 0 radical (unpaired) electrons. The standard InChI is InChI=1S/C17H18O3S/c1-12-5-9-17(10-6-12)21(18,19)20-15(4)16-8-7-13(2)14(3)11-16/h5-11H,4H2,1-3H3. The molecular weight excluding hydrogens is 284 g/mol. The quantitative estimate of drug-likeness (QED) is 0.633. The van der Waals surface area contributed by atoms with Gasteiger partial charge in [-0.1, -0.05) is 36.4 Å². The highest BCUT2D eigenvalue weighted by Crippen LogP contribution is 2.23. The molecule has 0 heterocycles. The molecule has 110 valence electrons. The first-order chi connectivity index (χ1) is 9.79. The molecule has 2 aromatic carbocycles. The molecule has 0 aliphatic carbocycles. The number of hydrogen-bond acceptors (Lipinski definition) is 3. The third-order valence-electron chi connectivity index (χ3n) is 3.35. The van der Waals surface area contributed by atoms with Crippen molar-refractivity contribution in [2.24, 2.45) is 0 Å². The van der Waals surface area contributed by atoms with Crippen molar-refractivity contribution in [3.05, 3.63) is 71.3 Å². The van der Waals surface area contributed by atoms with Crippen LogP contribution in [0.3, 0.4) is 0 Å². The van der Waals surface area contributed by atoms with E-state index in [-0.39, 0.29) is 10.7 Å². The van der Waals surface area contributed by atoms with Gasteiger partial charge in [-0.05, 0) is 50.1 Å². The van der Waals surface area contributed by atoms with Gasteiger partial charge in [0.2, 0.25) is 0 Å². The summed E-state index contributed by atoms with van der Waals surface area (Å²) in [6, 6.07) is 12.1. The average molecular weight is 302 g/mol. The summed E-state index contributed by atoms with van der Waals surface area (Å²) in [4.78, 5) is 0.123. The van der Waals surface area contributed by atoms with Crippen molar-refractivity contribution in [1.82, 2.24) is 0 Å². The fraction of sp³-hybridized carbons (Fsp3) is 0.176. The van der Waals surface area contributed by atoms with Crippen molar-refractivity contribution in [2.75, 3.05) is 0 Å². The van der Waals surface area contributed by atoms with Crippen LogP contribution in [-0.4, -0.2) is 8.42 Å². The van der Waals surface area contributed by atoms with Crippen molar-refractivity contribution in [2.45, 2.75) is 25.7 Å². The second kappa shape index (κ2) is 5.74. The van der Waals surface area contributed by atoms with Crippen LogP contribution in [0.5, 0.6) is 0 Å². The predicted octanol–water partition coefficient (Wildman–Crippen LogP) is 3.99. The van der Waals surface area contributed by atoms with E-state index in [9.17, 15) is 8.42 Å². The maximum atomic E-state index is 12.2. The highest BCUT2D eigenvalue weighted by molar-refractivity contribution is 7.87. The number of hydrogen-bond donors (Lipinski definition) is 0. The Labute approximate surface area is 126 Å². The van der Waals surface area contributed by atoms with Gasteiger partial charge < -0.3 is 4.18 Å². The molecule has 0 N–H and O–H groups in total. The van der Waals surface area contributed by atoms with Crippen molar-refractivity contribution >= 4 is 15.9 Å². The Kier molecular flexibility index (Phi) is 4.19. The summed E-state index contributed by atoms with van der Waals surface area (Å²) < 4.78 is 29.5. The van der Waals surface area contributed by atoms with Crippen LogP contribution in [0, 0.1) is 20.8 Å². The van der Waals surface area contributed by atoms with Crippen LogP contribution in [-0.2, 0) is 14.3 Å². The molecule has 0 unspecified atom stereocenters. The summed E-state index contributed by atoms with van der Waals surface area (Å²) in [5.74, 6) is 0.124. The molecule has 4 heteroatoms. The van der Waals surface area contributed by atoms with E-state index < -0.39 is 10.1 Å². The molecule has 0 bridgehead atoms. The van der Waals surface area contributed by atoms with Gasteiger partial charge in [0.15, 0.2) is 0 Å². The van der Waals surface area contributed by atoms with E-state index in [1.54, 1.807) is 18.2 Å². The van der Waals surface area contributed by atoms with E-state index in [2.05, 4.69) is 6.58 Å². The maximum Gasteiger partial charge on any atom is 0.339 e. The van der Waals surface area contributed by atoms with E-state index in [1.165, 1.54) is 12.1 Å². The first-order valence-corrected chi connectivity index (χ1v) is 7.98. The molecule has 21 heavy (non-hydrogen) atoms. The SMILES string of the molecule is C=C(OS(=O)(=O)c1ccc(C)cc1)c1ccc(C)c(C)c1. The maximum absolute atomic E-state index is 12.2. The summed E-state index contributed by atoms with van der Waals surface area (Å²) in [5.41, 5.74) is 3.84. The first kappa shape index (κ1) is 15.3. The Morgan fingerprint density at radius 3 is 2.14 bits per heavy atom. The van der Waals surface area contributed by atoms with E-state index in [4.69, 9.17) is 4.18 Å². The minimum atomic E-state index is -3.85. The van der Waals surface area contributed by atoms with Gasteiger partial charge in [-0.2, -0.15) is 8.42 Å². The third-order valence-corrected chi connectivity index (χ3v) is 4.62. The molecule has 2 aromatic rings. The van der Waals surface area contributed by atoms with Gasteiger partial charge in [0.05, 0.1) is 0 Å². The summed E-state index contributed by atoms with van der Waals surface area (Å²) in [6.45, 7) is 9.57. The molecular formula is C17H18O3S. The normalized spacial score (nSPS) is 11.2. The Morgan fingerprint density at radius 2 is 1.57 bits per heavy atom. The second-order valence-electron chi connectivity index (χ2n) is 5.07. The molecule has 0 aromatic heterocycles. The lowest BCUT2D eigenvalue weighted by molar-refractivity contribution is 0.464. The number of rotatable bonds is 4. The minimum absolute atomic E-state index is 0.123.